The molecule has 0 saturated carbocycles. The minimum atomic E-state index is -4.38. The van der Waals surface area contributed by atoms with Crippen LogP contribution in [0.4, 0.5) is 13.2 Å². The number of nitrogens with one attached hydrogen (secondary N) is 1. The van der Waals surface area contributed by atoms with E-state index in [4.69, 9.17) is 5.10 Å². The molecule has 0 saturated heterocycles. The van der Waals surface area contributed by atoms with E-state index in [2.05, 4.69) is 10.3 Å². The Bertz CT molecular complexity index is 1240. The lowest BCUT2D eigenvalue weighted by Crippen LogP contribution is -2.24. The summed E-state index contributed by atoms with van der Waals surface area (Å²) in [7, 11) is 0. The van der Waals surface area contributed by atoms with E-state index in [1.807, 2.05) is 55.6 Å². The van der Waals surface area contributed by atoms with Crippen LogP contribution in [0.25, 0.3) is 16.9 Å². The molecular formula is C26H23F3N4O. The van der Waals surface area contributed by atoms with Crippen LogP contribution in [0.15, 0.2) is 85.3 Å². The summed E-state index contributed by atoms with van der Waals surface area (Å²) in [5.74, 6) is -0.422. The number of nitrogens with zero attached hydrogens (tertiary/aromatic N) is 3. The lowest BCUT2D eigenvalue weighted by atomic mass is 9.96. The number of hydrogen-bond donors (Lipinski definition) is 1. The molecule has 1 atom stereocenters. The highest BCUT2D eigenvalue weighted by atomic mass is 19.4. The first kappa shape index (κ1) is 23.2. The van der Waals surface area contributed by atoms with Gasteiger partial charge < -0.3 is 5.32 Å². The van der Waals surface area contributed by atoms with Crippen molar-refractivity contribution in [1.82, 2.24) is 20.1 Å². The standard InChI is InChI=1S/C26H23F3N4O/c1-18(19-7-9-22(10-8-19)26(27,28)29)15-24(34)31-16-21-17-33(23-5-3-2-4-6-23)32-25(21)20-11-13-30-14-12-20/h2-14,17-18H,15-16H2,1H3,(H,31,34)/t18-/m0/s1. The summed E-state index contributed by atoms with van der Waals surface area (Å²) in [5.41, 5.74) is 3.33. The molecule has 0 fully saturated rings. The quantitative estimate of drug-likeness (QED) is 0.378. The van der Waals surface area contributed by atoms with Crippen molar-refractivity contribution in [3.63, 3.8) is 0 Å². The first-order chi connectivity index (χ1) is 16.3. The zero-order chi connectivity index (χ0) is 24.1. The van der Waals surface area contributed by atoms with Gasteiger partial charge in [-0.2, -0.15) is 18.3 Å². The van der Waals surface area contributed by atoms with Gasteiger partial charge in [0, 0.05) is 42.7 Å². The van der Waals surface area contributed by atoms with Crippen molar-refractivity contribution in [1.29, 1.82) is 0 Å². The maximum Gasteiger partial charge on any atom is 0.416 e. The highest BCUT2D eigenvalue weighted by molar-refractivity contribution is 5.77. The minimum Gasteiger partial charge on any atom is -0.352 e. The Morgan fingerprint density at radius 2 is 1.68 bits per heavy atom. The Labute approximate surface area is 195 Å². The summed E-state index contributed by atoms with van der Waals surface area (Å²) in [6.07, 6.45) is 1.03. The van der Waals surface area contributed by atoms with Crippen LogP contribution in [0.2, 0.25) is 0 Å². The van der Waals surface area contributed by atoms with E-state index >= 15 is 0 Å². The van der Waals surface area contributed by atoms with Crippen molar-refractivity contribution in [2.24, 2.45) is 0 Å². The van der Waals surface area contributed by atoms with E-state index < -0.39 is 11.7 Å². The number of alkyl halides is 3. The van der Waals surface area contributed by atoms with E-state index in [9.17, 15) is 18.0 Å². The zero-order valence-corrected chi connectivity index (χ0v) is 18.5. The van der Waals surface area contributed by atoms with E-state index in [1.165, 1.54) is 12.1 Å². The molecule has 4 aromatic rings. The third kappa shape index (κ3) is 5.51. The molecule has 0 aliphatic carbocycles. The number of amides is 1. The third-order valence-corrected chi connectivity index (χ3v) is 5.54. The van der Waals surface area contributed by atoms with Crippen LogP contribution < -0.4 is 5.32 Å². The molecule has 2 aromatic carbocycles. The summed E-state index contributed by atoms with van der Waals surface area (Å²) in [4.78, 5) is 16.7. The summed E-state index contributed by atoms with van der Waals surface area (Å²) in [6.45, 7) is 2.08. The van der Waals surface area contributed by atoms with Crippen LogP contribution in [0.5, 0.6) is 0 Å². The molecule has 2 heterocycles. The molecule has 174 valence electrons. The van der Waals surface area contributed by atoms with Crippen LogP contribution in [-0.2, 0) is 17.5 Å². The highest BCUT2D eigenvalue weighted by Crippen LogP contribution is 2.30. The molecule has 1 amide bonds. The number of aromatic nitrogens is 3. The van der Waals surface area contributed by atoms with E-state index in [0.29, 0.717) is 5.56 Å². The Balaban J connectivity index is 1.46. The molecule has 5 nitrogen and oxygen atoms in total. The lowest BCUT2D eigenvalue weighted by Gasteiger charge is -2.13. The van der Waals surface area contributed by atoms with E-state index in [-0.39, 0.29) is 24.8 Å². The van der Waals surface area contributed by atoms with Gasteiger partial charge >= 0.3 is 6.18 Å². The Morgan fingerprint density at radius 1 is 1.00 bits per heavy atom. The lowest BCUT2D eigenvalue weighted by molar-refractivity contribution is -0.137. The topological polar surface area (TPSA) is 59.8 Å². The number of hydrogen-bond acceptors (Lipinski definition) is 3. The average Bonchev–Trinajstić information content (AvgIpc) is 3.28. The van der Waals surface area contributed by atoms with Crippen molar-refractivity contribution in [3.8, 4) is 16.9 Å². The van der Waals surface area contributed by atoms with E-state index in [0.717, 1.165) is 34.6 Å². The molecule has 2 aromatic heterocycles. The SMILES string of the molecule is C[C@@H](CC(=O)NCc1cn(-c2ccccc2)nc1-c1ccncc1)c1ccc(C(F)(F)F)cc1. The fourth-order valence-electron chi connectivity index (χ4n) is 3.67. The average molecular weight is 464 g/mol. The zero-order valence-electron chi connectivity index (χ0n) is 18.5. The number of carbonyl (C=O) groups is 1. The van der Waals surface area contributed by atoms with Crippen molar-refractivity contribution < 1.29 is 18.0 Å². The molecule has 0 bridgehead atoms. The van der Waals surface area contributed by atoms with Gasteiger partial charge in [0.1, 0.15) is 0 Å². The molecule has 0 unspecified atom stereocenters. The molecule has 34 heavy (non-hydrogen) atoms. The summed E-state index contributed by atoms with van der Waals surface area (Å²) < 4.78 is 40.1. The monoisotopic (exact) mass is 464 g/mol. The first-order valence-corrected chi connectivity index (χ1v) is 10.8. The Kier molecular flexibility index (Phi) is 6.77. The van der Waals surface area contributed by atoms with Crippen LogP contribution >= 0.6 is 0 Å². The summed E-state index contributed by atoms with van der Waals surface area (Å²) in [6, 6.07) is 18.3. The Morgan fingerprint density at radius 3 is 2.32 bits per heavy atom. The van der Waals surface area contributed by atoms with Crippen molar-refractivity contribution >= 4 is 5.91 Å². The fraction of sp³-hybridized carbons (Fsp3) is 0.192. The van der Waals surface area contributed by atoms with Gasteiger partial charge in [0.25, 0.3) is 0 Å². The predicted molar refractivity (Wildman–Crippen MR) is 123 cm³/mol. The van der Waals surface area contributed by atoms with Gasteiger partial charge in [0.05, 0.1) is 16.9 Å². The van der Waals surface area contributed by atoms with Gasteiger partial charge in [-0.3, -0.25) is 9.78 Å². The smallest absolute Gasteiger partial charge is 0.352 e. The minimum absolute atomic E-state index is 0.156. The van der Waals surface area contributed by atoms with Gasteiger partial charge in [-0.05, 0) is 47.9 Å². The van der Waals surface area contributed by atoms with Crippen LogP contribution in [0, 0.1) is 0 Å². The predicted octanol–water partition coefficient (Wildman–Crippen LogP) is 5.76. The first-order valence-electron chi connectivity index (χ1n) is 10.8. The normalized spacial score (nSPS) is 12.4. The molecule has 0 spiro atoms. The number of benzene rings is 2. The number of rotatable bonds is 7. The highest BCUT2D eigenvalue weighted by Gasteiger charge is 2.30. The number of para-hydroxylation sites is 1. The molecule has 8 heteroatoms. The van der Waals surface area contributed by atoms with Crippen LogP contribution in [0.3, 0.4) is 0 Å². The van der Waals surface area contributed by atoms with E-state index in [1.54, 1.807) is 17.1 Å². The Hall–Kier alpha value is -3.94. The fourth-order valence-corrected chi connectivity index (χ4v) is 3.67. The van der Waals surface area contributed by atoms with Gasteiger partial charge in [-0.1, -0.05) is 37.3 Å². The van der Waals surface area contributed by atoms with Crippen molar-refractivity contribution in [3.05, 3.63) is 102 Å². The molecule has 0 aliphatic heterocycles. The maximum atomic E-state index is 12.8. The molecule has 0 aliphatic rings. The number of carbonyl (C=O) groups excluding carboxylic acids is 1. The van der Waals surface area contributed by atoms with Gasteiger partial charge in [0.15, 0.2) is 0 Å². The van der Waals surface area contributed by atoms with Crippen molar-refractivity contribution in [2.45, 2.75) is 32.0 Å². The van der Waals surface area contributed by atoms with Gasteiger partial charge in [0.2, 0.25) is 5.91 Å². The second-order valence-electron chi connectivity index (χ2n) is 8.02. The number of pyridine rings is 1. The second kappa shape index (κ2) is 9.91. The molecule has 1 N–H and O–H groups in total. The van der Waals surface area contributed by atoms with Crippen molar-refractivity contribution in [2.75, 3.05) is 0 Å². The second-order valence-corrected chi connectivity index (χ2v) is 8.02. The maximum absolute atomic E-state index is 12.8. The van der Waals surface area contributed by atoms with Gasteiger partial charge in [-0.25, -0.2) is 4.68 Å². The largest absolute Gasteiger partial charge is 0.416 e. The molecule has 0 radical (unpaired) electrons. The number of halogens is 3. The van der Waals surface area contributed by atoms with Crippen LogP contribution in [0.1, 0.15) is 36.0 Å². The van der Waals surface area contributed by atoms with Gasteiger partial charge in [-0.15, -0.1) is 0 Å². The third-order valence-electron chi connectivity index (χ3n) is 5.54. The van der Waals surface area contributed by atoms with Crippen LogP contribution in [-0.4, -0.2) is 20.7 Å². The molecule has 4 rings (SSSR count). The summed E-state index contributed by atoms with van der Waals surface area (Å²) in [5, 5.41) is 7.63. The molecular weight excluding hydrogens is 441 g/mol. The summed E-state index contributed by atoms with van der Waals surface area (Å²) >= 11 is 0.